The number of nitrogen functional groups attached to an aromatic ring is 1. The second kappa shape index (κ2) is 4.02. The number of hydrogen-bond acceptors (Lipinski definition) is 3. The van der Waals surface area contributed by atoms with Gasteiger partial charge in [-0.15, -0.1) is 11.3 Å². The number of nitrogens with zero attached hydrogens (tertiary/aromatic N) is 1. The van der Waals surface area contributed by atoms with Crippen molar-refractivity contribution in [2.75, 3.05) is 5.73 Å². The number of rotatable bonds is 1. The van der Waals surface area contributed by atoms with E-state index in [4.69, 9.17) is 17.3 Å². The molecule has 0 spiro atoms. The lowest BCUT2D eigenvalue weighted by Crippen LogP contribution is -1.86. The molecule has 84 valence electrons. The third kappa shape index (κ3) is 1.99. The first-order valence-corrected chi connectivity index (χ1v) is 6.33. The molecule has 0 aliphatic carbocycles. The van der Waals surface area contributed by atoms with Gasteiger partial charge in [-0.3, -0.25) is 4.98 Å². The number of anilines is 1. The Balaban J connectivity index is 2.14. The largest absolute Gasteiger partial charge is 0.397 e. The molecule has 2 N–H and O–H groups in total. The van der Waals surface area contributed by atoms with Gasteiger partial charge in [0, 0.05) is 9.72 Å². The van der Waals surface area contributed by atoms with Gasteiger partial charge < -0.3 is 5.73 Å². The number of nitrogens with two attached hydrogens (primary N) is 1. The summed E-state index contributed by atoms with van der Waals surface area (Å²) < 4.78 is 1.17. The van der Waals surface area contributed by atoms with Gasteiger partial charge in [-0.05, 0) is 35.7 Å². The molecule has 2 heterocycles. The van der Waals surface area contributed by atoms with Gasteiger partial charge in [0.05, 0.1) is 22.5 Å². The molecule has 0 saturated heterocycles. The maximum absolute atomic E-state index is 5.97. The molecule has 2 nitrogen and oxygen atoms in total. The molecule has 0 fully saturated rings. The van der Waals surface area contributed by atoms with E-state index < -0.39 is 0 Å². The van der Waals surface area contributed by atoms with Gasteiger partial charge in [0.2, 0.25) is 0 Å². The predicted molar refractivity (Wildman–Crippen MR) is 74.5 cm³/mol. The molecule has 0 radical (unpaired) electrons. The van der Waals surface area contributed by atoms with Gasteiger partial charge in [0.15, 0.2) is 0 Å². The molecule has 0 unspecified atom stereocenters. The molecule has 0 saturated carbocycles. The molecule has 0 atom stereocenters. The normalized spacial score (nSPS) is 10.9. The lowest BCUT2D eigenvalue weighted by atomic mass is 10.2. The Morgan fingerprint density at radius 3 is 2.76 bits per heavy atom. The van der Waals surface area contributed by atoms with Crippen LogP contribution in [0.5, 0.6) is 0 Å². The summed E-state index contributed by atoms with van der Waals surface area (Å²) in [5, 5.41) is 1.95. The molecule has 0 aliphatic rings. The predicted octanol–water partition coefficient (Wildman–Crippen LogP) is 4.20. The van der Waals surface area contributed by atoms with E-state index in [1.165, 1.54) is 10.1 Å². The third-order valence-electron chi connectivity index (χ3n) is 2.52. The Bertz CT molecular complexity index is 673. The van der Waals surface area contributed by atoms with Crippen LogP contribution in [0.25, 0.3) is 20.7 Å². The Labute approximate surface area is 108 Å². The smallest absolute Gasteiger partial charge is 0.0803 e. The van der Waals surface area contributed by atoms with E-state index in [0.29, 0.717) is 5.69 Å². The number of halogens is 1. The van der Waals surface area contributed by atoms with Crippen LogP contribution >= 0.6 is 22.9 Å². The zero-order valence-corrected chi connectivity index (χ0v) is 10.4. The van der Waals surface area contributed by atoms with E-state index in [1.807, 2.05) is 30.3 Å². The Kier molecular flexibility index (Phi) is 2.50. The van der Waals surface area contributed by atoms with Gasteiger partial charge in [-0.2, -0.15) is 0 Å². The maximum Gasteiger partial charge on any atom is 0.0803 e. The van der Waals surface area contributed by atoms with Crippen LogP contribution in [-0.2, 0) is 0 Å². The summed E-state index contributed by atoms with van der Waals surface area (Å²) in [6.07, 6.45) is 1.67. The number of benzene rings is 1. The van der Waals surface area contributed by atoms with E-state index in [-0.39, 0.29) is 0 Å². The van der Waals surface area contributed by atoms with E-state index in [9.17, 15) is 0 Å². The molecule has 1 aromatic carbocycles. The van der Waals surface area contributed by atoms with Crippen molar-refractivity contribution in [3.05, 3.63) is 47.6 Å². The molecule has 3 rings (SSSR count). The van der Waals surface area contributed by atoms with Crippen molar-refractivity contribution < 1.29 is 0 Å². The van der Waals surface area contributed by atoms with Gasteiger partial charge in [0.1, 0.15) is 0 Å². The summed E-state index contributed by atoms with van der Waals surface area (Å²) in [7, 11) is 0. The van der Waals surface area contributed by atoms with Crippen LogP contribution in [0.2, 0.25) is 5.02 Å². The van der Waals surface area contributed by atoms with Crippen LogP contribution in [0.3, 0.4) is 0 Å². The van der Waals surface area contributed by atoms with Crippen LogP contribution < -0.4 is 5.73 Å². The van der Waals surface area contributed by atoms with Crippen LogP contribution in [0.1, 0.15) is 0 Å². The number of hydrogen-bond donors (Lipinski definition) is 1. The summed E-state index contributed by atoms with van der Waals surface area (Å²) in [5.41, 5.74) is 7.24. The first kappa shape index (κ1) is 10.6. The zero-order chi connectivity index (χ0) is 11.8. The van der Waals surface area contributed by atoms with Crippen LogP contribution in [-0.4, -0.2) is 4.98 Å². The average Bonchev–Trinajstić information content (AvgIpc) is 2.72. The van der Waals surface area contributed by atoms with E-state index in [0.717, 1.165) is 15.6 Å². The van der Waals surface area contributed by atoms with Gasteiger partial charge in [-0.1, -0.05) is 17.7 Å². The van der Waals surface area contributed by atoms with E-state index in [2.05, 4.69) is 11.1 Å². The second-order valence-corrected chi connectivity index (χ2v) is 5.29. The Hall–Kier alpha value is -1.58. The first-order chi connectivity index (χ1) is 8.22. The number of aromatic nitrogens is 1. The fourth-order valence-electron chi connectivity index (χ4n) is 1.68. The van der Waals surface area contributed by atoms with Crippen LogP contribution in [0, 0.1) is 0 Å². The first-order valence-electron chi connectivity index (χ1n) is 5.13. The molecular formula is C13H9ClN2S. The van der Waals surface area contributed by atoms with Crippen molar-refractivity contribution in [3.8, 4) is 10.6 Å². The Morgan fingerprint density at radius 2 is 2.00 bits per heavy atom. The summed E-state index contributed by atoms with van der Waals surface area (Å²) in [4.78, 5) is 5.45. The molecule has 0 bridgehead atoms. The van der Waals surface area contributed by atoms with Gasteiger partial charge in [0.25, 0.3) is 0 Å². The minimum Gasteiger partial charge on any atom is -0.397 e. The fourth-order valence-corrected chi connectivity index (χ4v) is 3.00. The number of thiophene rings is 1. The minimum absolute atomic E-state index is 0.679. The van der Waals surface area contributed by atoms with Gasteiger partial charge >= 0.3 is 0 Å². The Morgan fingerprint density at radius 1 is 1.12 bits per heavy atom. The minimum atomic E-state index is 0.679. The average molecular weight is 261 g/mol. The lowest BCUT2D eigenvalue weighted by molar-refractivity contribution is 1.34. The molecule has 0 amide bonds. The van der Waals surface area contributed by atoms with Crippen LogP contribution in [0.15, 0.2) is 42.6 Å². The topological polar surface area (TPSA) is 38.9 Å². The summed E-state index contributed by atoms with van der Waals surface area (Å²) in [6, 6.07) is 11.8. The standard InChI is InChI=1S/C13H9ClN2S/c14-9-2-1-8-5-13(17-12(8)6-9)11-4-3-10(15)7-16-11/h1-7H,15H2. The van der Waals surface area contributed by atoms with Crippen molar-refractivity contribution >= 4 is 38.7 Å². The maximum atomic E-state index is 5.97. The third-order valence-corrected chi connectivity index (χ3v) is 3.88. The van der Waals surface area contributed by atoms with Gasteiger partial charge in [-0.25, -0.2) is 0 Å². The molecule has 17 heavy (non-hydrogen) atoms. The SMILES string of the molecule is Nc1ccc(-c2cc3ccc(Cl)cc3s2)nc1. The van der Waals surface area contributed by atoms with Crippen LogP contribution in [0.4, 0.5) is 5.69 Å². The highest BCUT2D eigenvalue weighted by Gasteiger charge is 2.05. The molecule has 4 heteroatoms. The monoisotopic (exact) mass is 260 g/mol. The quantitative estimate of drug-likeness (QED) is 0.712. The lowest BCUT2D eigenvalue weighted by Gasteiger charge is -1.95. The molecular weight excluding hydrogens is 252 g/mol. The number of pyridine rings is 1. The van der Waals surface area contributed by atoms with E-state index >= 15 is 0 Å². The molecule has 0 aliphatic heterocycles. The summed E-state index contributed by atoms with van der Waals surface area (Å²) >= 11 is 7.65. The van der Waals surface area contributed by atoms with Crippen molar-refractivity contribution in [2.45, 2.75) is 0 Å². The summed E-state index contributed by atoms with van der Waals surface area (Å²) in [5.74, 6) is 0. The highest BCUT2D eigenvalue weighted by atomic mass is 35.5. The van der Waals surface area contributed by atoms with Crippen molar-refractivity contribution in [1.82, 2.24) is 4.98 Å². The fraction of sp³-hybridized carbons (Fsp3) is 0. The van der Waals surface area contributed by atoms with Crippen molar-refractivity contribution in [1.29, 1.82) is 0 Å². The van der Waals surface area contributed by atoms with Crippen molar-refractivity contribution in [3.63, 3.8) is 0 Å². The van der Waals surface area contributed by atoms with E-state index in [1.54, 1.807) is 17.5 Å². The second-order valence-electron chi connectivity index (χ2n) is 3.77. The zero-order valence-electron chi connectivity index (χ0n) is 8.85. The van der Waals surface area contributed by atoms with Crippen molar-refractivity contribution in [2.24, 2.45) is 0 Å². The molecule has 2 aromatic heterocycles. The number of fused-ring (bicyclic) bond motifs is 1. The highest BCUT2D eigenvalue weighted by Crippen LogP contribution is 2.33. The summed E-state index contributed by atoms with van der Waals surface area (Å²) in [6.45, 7) is 0. The highest BCUT2D eigenvalue weighted by molar-refractivity contribution is 7.22. The molecule has 3 aromatic rings.